The van der Waals surface area contributed by atoms with Crippen LogP contribution in [0.15, 0.2) is 5.11 Å². The molecule has 1 aliphatic heterocycles. The summed E-state index contributed by atoms with van der Waals surface area (Å²) >= 11 is 0. The fourth-order valence-electron chi connectivity index (χ4n) is 1.46. The summed E-state index contributed by atoms with van der Waals surface area (Å²) in [5, 5.41) is 40.5. The normalized spacial score (nSPS) is 37.5. The summed E-state index contributed by atoms with van der Waals surface area (Å²) in [5.41, 5.74) is 8.03. The molecule has 5 atom stereocenters. The van der Waals surface area contributed by atoms with Crippen LogP contribution in [0.25, 0.3) is 10.4 Å². The van der Waals surface area contributed by atoms with Crippen LogP contribution in [0.2, 0.25) is 0 Å². The van der Waals surface area contributed by atoms with E-state index in [9.17, 15) is 15.3 Å². The van der Waals surface area contributed by atoms with Gasteiger partial charge >= 0.3 is 0 Å². The average molecular weight is 249 g/mol. The van der Waals surface area contributed by atoms with Crippen molar-refractivity contribution in [1.82, 2.24) is 0 Å². The molecule has 4 N–H and O–H groups in total. The predicted octanol–water partition coefficient (Wildman–Crippen LogP) is -1.89. The van der Waals surface area contributed by atoms with E-state index >= 15 is 0 Å². The Morgan fingerprint density at radius 1 is 1.24 bits per heavy atom. The Kier molecular flexibility index (Phi) is 5.59. The molecule has 9 heteroatoms. The fraction of sp³-hybridized carbons (Fsp3) is 1.00. The summed E-state index contributed by atoms with van der Waals surface area (Å²) in [7, 11) is 0. The van der Waals surface area contributed by atoms with Crippen molar-refractivity contribution in [2.45, 2.75) is 30.7 Å². The highest BCUT2D eigenvalue weighted by Gasteiger charge is 2.43. The van der Waals surface area contributed by atoms with Crippen LogP contribution in [0.4, 0.5) is 0 Å². The van der Waals surface area contributed by atoms with Crippen LogP contribution in [0.3, 0.4) is 0 Å². The highest BCUT2D eigenvalue weighted by atomic mass is 16.7. The molecule has 0 spiro atoms. The molecule has 9 nitrogen and oxygen atoms in total. The molecule has 17 heavy (non-hydrogen) atoms. The van der Waals surface area contributed by atoms with E-state index < -0.39 is 37.3 Å². The lowest BCUT2D eigenvalue weighted by Gasteiger charge is -2.39. The van der Waals surface area contributed by atoms with E-state index in [1.165, 1.54) is 0 Å². The van der Waals surface area contributed by atoms with Crippen molar-refractivity contribution < 1.29 is 29.9 Å². The molecular weight excluding hydrogens is 234 g/mol. The summed E-state index contributed by atoms with van der Waals surface area (Å²) in [6.07, 6.45) is -6.49. The summed E-state index contributed by atoms with van der Waals surface area (Å²) < 4.78 is 10.1. The van der Waals surface area contributed by atoms with Crippen molar-refractivity contribution in [1.29, 1.82) is 0 Å². The van der Waals surface area contributed by atoms with Crippen LogP contribution in [-0.2, 0) is 9.47 Å². The van der Waals surface area contributed by atoms with Gasteiger partial charge in [0.15, 0.2) is 6.29 Å². The third-order valence-electron chi connectivity index (χ3n) is 2.39. The number of aliphatic hydroxyl groups excluding tert-OH is 4. The van der Waals surface area contributed by atoms with Gasteiger partial charge in [-0.25, -0.2) is 0 Å². The third kappa shape index (κ3) is 3.51. The quantitative estimate of drug-likeness (QED) is 0.194. The van der Waals surface area contributed by atoms with Gasteiger partial charge in [-0.3, -0.25) is 0 Å². The lowest BCUT2D eigenvalue weighted by Crippen LogP contribution is -2.59. The predicted molar refractivity (Wildman–Crippen MR) is 53.7 cm³/mol. The lowest BCUT2D eigenvalue weighted by molar-refractivity contribution is -0.300. The number of hydrogen-bond acceptors (Lipinski definition) is 7. The van der Waals surface area contributed by atoms with Crippen LogP contribution >= 0.6 is 0 Å². The third-order valence-corrected chi connectivity index (χ3v) is 2.39. The molecule has 1 fully saturated rings. The van der Waals surface area contributed by atoms with Crippen molar-refractivity contribution in [3.05, 3.63) is 10.4 Å². The Morgan fingerprint density at radius 3 is 2.53 bits per heavy atom. The number of aliphatic hydroxyl groups is 4. The molecule has 1 saturated heterocycles. The summed E-state index contributed by atoms with van der Waals surface area (Å²) in [6, 6.07) is 0. The second kappa shape index (κ2) is 6.72. The van der Waals surface area contributed by atoms with Gasteiger partial charge in [0.1, 0.15) is 24.4 Å². The van der Waals surface area contributed by atoms with E-state index in [4.69, 9.17) is 20.1 Å². The zero-order chi connectivity index (χ0) is 12.8. The Balaban J connectivity index is 2.50. The summed E-state index contributed by atoms with van der Waals surface area (Å²) in [5.74, 6) is 0. The Morgan fingerprint density at radius 2 is 1.94 bits per heavy atom. The molecule has 0 amide bonds. The first kappa shape index (κ1) is 14.1. The maximum atomic E-state index is 9.53. The molecule has 1 heterocycles. The maximum Gasteiger partial charge on any atom is 0.186 e. The minimum Gasteiger partial charge on any atom is -0.394 e. The Labute approximate surface area is 96.8 Å². The smallest absolute Gasteiger partial charge is 0.186 e. The fourth-order valence-corrected chi connectivity index (χ4v) is 1.46. The molecule has 0 aromatic rings. The molecule has 98 valence electrons. The first-order valence-electron chi connectivity index (χ1n) is 5.04. The Bertz CT molecular complexity index is 282. The molecule has 1 aliphatic rings. The monoisotopic (exact) mass is 249 g/mol. The first-order valence-corrected chi connectivity index (χ1v) is 5.04. The minimum absolute atomic E-state index is 0.00719. The van der Waals surface area contributed by atoms with Crippen LogP contribution in [0, 0.1) is 0 Å². The molecule has 0 aromatic carbocycles. The van der Waals surface area contributed by atoms with Gasteiger partial charge in [-0.2, -0.15) is 0 Å². The van der Waals surface area contributed by atoms with Gasteiger partial charge in [0, 0.05) is 11.5 Å². The van der Waals surface area contributed by atoms with Crippen molar-refractivity contribution in [2.75, 3.05) is 19.8 Å². The molecule has 0 aliphatic carbocycles. The zero-order valence-electron chi connectivity index (χ0n) is 8.96. The standard InChI is InChI=1S/C8H15N3O6/c9-11-10-1-2-16-8-7(15)6(14)5(13)4(3-12)17-8/h4-8,12-15H,1-3H2/t4-,5-,6+,7+,8+/m0/s1. The van der Waals surface area contributed by atoms with Crippen LogP contribution in [0.5, 0.6) is 0 Å². The van der Waals surface area contributed by atoms with E-state index in [0.29, 0.717) is 0 Å². The second-order valence-electron chi connectivity index (χ2n) is 3.52. The number of hydrogen-bond donors (Lipinski definition) is 4. The van der Waals surface area contributed by atoms with Gasteiger partial charge in [0.25, 0.3) is 0 Å². The molecule has 0 bridgehead atoms. The number of nitrogens with zero attached hydrogens (tertiary/aromatic N) is 3. The van der Waals surface area contributed by atoms with E-state index in [2.05, 4.69) is 10.0 Å². The molecule has 0 aromatic heterocycles. The van der Waals surface area contributed by atoms with Gasteiger partial charge in [0.05, 0.1) is 13.2 Å². The summed E-state index contributed by atoms with van der Waals surface area (Å²) in [4.78, 5) is 2.51. The van der Waals surface area contributed by atoms with Gasteiger partial charge in [-0.05, 0) is 5.53 Å². The first-order chi connectivity index (χ1) is 8.11. The van der Waals surface area contributed by atoms with Crippen LogP contribution < -0.4 is 0 Å². The molecule has 0 unspecified atom stereocenters. The van der Waals surface area contributed by atoms with E-state index in [1.807, 2.05) is 0 Å². The van der Waals surface area contributed by atoms with Crippen molar-refractivity contribution in [2.24, 2.45) is 5.11 Å². The maximum absolute atomic E-state index is 9.53. The minimum atomic E-state index is -1.47. The molecule has 0 radical (unpaired) electrons. The topological polar surface area (TPSA) is 148 Å². The Hall–Kier alpha value is -0.930. The van der Waals surface area contributed by atoms with E-state index in [1.54, 1.807) is 0 Å². The highest BCUT2D eigenvalue weighted by Crippen LogP contribution is 2.21. The lowest BCUT2D eigenvalue weighted by atomic mass is 9.99. The largest absolute Gasteiger partial charge is 0.394 e. The number of rotatable bonds is 5. The van der Waals surface area contributed by atoms with Gasteiger partial charge in [-0.15, -0.1) is 0 Å². The molecule has 0 saturated carbocycles. The number of azide groups is 1. The van der Waals surface area contributed by atoms with Crippen LogP contribution in [-0.4, -0.2) is 70.9 Å². The van der Waals surface area contributed by atoms with Crippen molar-refractivity contribution in [3.63, 3.8) is 0 Å². The van der Waals surface area contributed by atoms with Crippen LogP contribution in [0.1, 0.15) is 0 Å². The second-order valence-corrected chi connectivity index (χ2v) is 3.52. The van der Waals surface area contributed by atoms with Gasteiger partial charge in [-0.1, -0.05) is 5.11 Å². The average Bonchev–Trinajstić information content (AvgIpc) is 2.34. The number of ether oxygens (including phenoxy) is 2. The summed E-state index contributed by atoms with van der Waals surface area (Å²) in [6.45, 7) is -0.473. The van der Waals surface area contributed by atoms with E-state index in [0.717, 1.165) is 0 Å². The molecular formula is C8H15N3O6. The van der Waals surface area contributed by atoms with Gasteiger partial charge in [0.2, 0.25) is 0 Å². The molecule has 1 rings (SSSR count). The van der Waals surface area contributed by atoms with Crippen molar-refractivity contribution >= 4 is 0 Å². The van der Waals surface area contributed by atoms with Gasteiger partial charge < -0.3 is 29.9 Å². The highest BCUT2D eigenvalue weighted by molar-refractivity contribution is 4.88. The zero-order valence-corrected chi connectivity index (χ0v) is 8.96. The van der Waals surface area contributed by atoms with Crippen molar-refractivity contribution in [3.8, 4) is 0 Å². The SMILES string of the molecule is [N-]=[N+]=NCCO[C@@H]1O[C@@H](CO)[C@H](O)[C@@H](O)[C@H]1O. The van der Waals surface area contributed by atoms with E-state index in [-0.39, 0.29) is 13.2 Å².